The van der Waals surface area contributed by atoms with Crippen LogP contribution in [0.2, 0.25) is 0 Å². The third kappa shape index (κ3) is 3.23. The lowest BCUT2D eigenvalue weighted by Gasteiger charge is -2.45. The maximum absolute atomic E-state index is 5.90. The zero-order valence-corrected chi connectivity index (χ0v) is 14.5. The van der Waals surface area contributed by atoms with E-state index in [4.69, 9.17) is 5.73 Å². The van der Waals surface area contributed by atoms with Gasteiger partial charge in [0.1, 0.15) is 5.00 Å². The summed E-state index contributed by atoms with van der Waals surface area (Å²) in [4.78, 5) is 3.49. The van der Waals surface area contributed by atoms with Crippen molar-refractivity contribution in [3.63, 3.8) is 0 Å². The summed E-state index contributed by atoms with van der Waals surface area (Å²) in [5.74, 6) is 1.46. The highest BCUT2D eigenvalue weighted by Gasteiger charge is 2.37. The summed E-state index contributed by atoms with van der Waals surface area (Å²) in [7, 11) is 4.41. The van der Waals surface area contributed by atoms with Crippen LogP contribution in [-0.2, 0) is 0 Å². The number of nitrogens with one attached hydrogen (secondary N) is 1. The number of nitrogens with zero attached hydrogens (tertiary/aromatic N) is 2. The Hall–Kier alpha value is -0.460. The van der Waals surface area contributed by atoms with Gasteiger partial charge < -0.3 is 16.0 Å². The van der Waals surface area contributed by atoms with Crippen molar-refractivity contribution in [2.24, 2.45) is 5.92 Å². The first-order valence-electron chi connectivity index (χ1n) is 7.19. The van der Waals surface area contributed by atoms with Crippen molar-refractivity contribution >= 4 is 34.1 Å². The second-order valence-corrected chi connectivity index (χ2v) is 7.69. The minimum atomic E-state index is 0.256. The summed E-state index contributed by atoms with van der Waals surface area (Å²) in [6.07, 6.45) is 7.26. The third-order valence-electron chi connectivity index (χ3n) is 4.47. The van der Waals surface area contributed by atoms with E-state index >= 15 is 0 Å². The molecule has 0 aromatic carbocycles. The van der Waals surface area contributed by atoms with Gasteiger partial charge in [0, 0.05) is 12.1 Å². The Morgan fingerprint density at radius 2 is 2.30 bits per heavy atom. The van der Waals surface area contributed by atoms with Crippen LogP contribution in [0.15, 0.2) is 4.90 Å². The van der Waals surface area contributed by atoms with Gasteiger partial charge in [-0.25, -0.2) is 0 Å². The van der Waals surface area contributed by atoms with E-state index in [0.717, 1.165) is 22.4 Å². The van der Waals surface area contributed by atoms with Gasteiger partial charge in [0.2, 0.25) is 0 Å². The maximum atomic E-state index is 5.90. The standard InChI is InChI=1S/C14H26N4S2/c1-10-6-5-7-14(8-10,18(2)3)9-16-13-11(19-4)12(15)17-20-13/h10,16H,5-9H2,1-4H3,(H2,15,17). The average Bonchev–Trinajstić information content (AvgIpc) is 2.76. The number of anilines is 2. The number of rotatable bonds is 5. The molecule has 1 aliphatic rings. The molecule has 6 heteroatoms. The molecule has 20 heavy (non-hydrogen) atoms. The molecule has 0 radical (unpaired) electrons. The fourth-order valence-electron chi connectivity index (χ4n) is 3.21. The van der Waals surface area contributed by atoms with Gasteiger partial charge in [0.05, 0.1) is 4.90 Å². The summed E-state index contributed by atoms with van der Waals surface area (Å²) in [5, 5.41) is 4.73. The fraction of sp³-hybridized carbons (Fsp3) is 0.786. The van der Waals surface area contributed by atoms with E-state index < -0.39 is 0 Å². The van der Waals surface area contributed by atoms with Crippen LogP contribution in [0.3, 0.4) is 0 Å². The zero-order chi connectivity index (χ0) is 14.8. The van der Waals surface area contributed by atoms with Crippen molar-refractivity contribution in [1.82, 2.24) is 9.27 Å². The first-order chi connectivity index (χ1) is 9.48. The molecule has 2 rings (SSSR count). The Morgan fingerprint density at radius 1 is 1.55 bits per heavy atom. The molecule has 3 N–H and O–H groups in total. The number of nitrogen functional groups attached to an aromatic ring is 1. The van der Waals surface area contributed by atoms with E-state index in [-0.39, 0.29) is 5.54 Å². The monoisotopic (exact) mass is 314 g/mol. The Labute approximate surface area is 130 Å². The van der Waals surface area contributed by atoms with Crippen molar-refractivity contribution < 1.29 is 0 Å². The molecule has 1 aromatic rings. The summed E-state index contributed by atoms with van der Waals surface area (Å²) >= 11 is 3.15. The van der Waals surface area contributed by atoms with Crippen LogP contribution in [0.4, 0.5) is 10.8 Å². The van der Waals surface area contributed by atoms with E-state index in [1.165, 1.54) is 37.2 Å². The van der Waals surface area contributed by atoms with Crippen LogP contribution in [0.5, 0.6) is 0 Å². The van der Waals surface area contributed by atoms with Crippen LogP contribution >= 0.6 is 23.3 Å². The quantitative estimate of drug-likeness (QED) is 0.816. The minimum absolute atomic E-state index is 0.256. The number of aromatic nitrogens is 1. The summed E-state index contributed by atoms with van der Waals surface area (Å²) in [5.41, 5.74) is 6.16. The molecule has 0 spiro atoms. The Morgan fingerprint density at radius 3 is 2.90 bits per heavy atom. The van der Waals surface area contributed by atoms with Crippen LogP contribution in [0.1, 0.15) is 32.6 Å². The van der Waals surface area contributed by atoms with Crippen molar-refractivity contribution in [1.29, 1.82) is 0 Å². The first-order valence-corrected chi connectivity index (χ1v) is 9.19. The highest BCUT2D eigenvalue weighted by Crippen LogP contribution is 2.38. The van der Waals surface area contributed by atoms with Crippen molar-refractivity contribution in [2.45, 2.75) is 43.0 Å². The molecule has 1 fully saturated rings. The molecule has 1 saturated carbocycles. The van der Waals surface area contributed by atoms with Crippen LogP contribution < -0.4 is 11.1 Å². The number of likely N-dealkylation sites (N-methyl/N-ethyl adjacent to an activating group) is 1. The largest absolute Gasteiger partial charge is 0.382 e. The highest BCUT2D eigenvalue weighted by atomic mass is 32.2. The van der Waals surface area contributed by atoms with Gasteiger partial charge in [-0.2, -0.15) is 4.37 Å². The zero-order valence-electron chi connectivity index (χ0n) is 12.9. The number of hydrogen-bond donors (Lipinski definition) is 2. The molecule has 114 valence electrons. The van der Waals surface area contributed by atoms with Gasteiger partial charge in [0.25, 0.3) is 0 Å². The summed E-state index contributed by atoms with van der Waals surface area (Å²) in [6, 6.07) is 0. The molecule has 1 aliphatic carbocycles. The van der Waals surface area contributed by atoms with Gasteiger partial charge in [-0.05, 0) is 50.6 Å². The fourth-order valence-corrected chi connectivity index (χ4v) is 4.74. The predicted octanol–water partition coefficient (Wildman–Crippen LogP) is 3.37. The molecule has 0 saturated heterocycles. The number of thioether (sulfide) groups is 1. The van der Waals surface area contributed by atoms with Crippen LogP contribution in [0, 0.1) is 5.92 Å². The van der Waals surface area contributed by atoms with E-state index in [1.807, 2.05) is 0 Å². The number of nitrogens with two attached hydrogens (primary N) is 1. The van der Waals surface area contributed by atoms with Crippen LogP contribution in [0.25, 0.3) is 0 Å². The summed E-state index contributed by atoms with van der Waals surface area (Å²) in [6.45, 7) is 3.34. The lowest BCUT2D eigenvalue weighted by atomic mass is 9.75. The van der Waals surface area contributed by atoms with Crippen molar-refractivity contribution in [2.75, 3.05) is 37.9 Å². The second-order valence-electron chi connectivity index (χ2n) is 6.10. The molecule has 0 bridgehead atoms. The van der Waals surface area contributed by atoms with E-state index in [1.54, 1.807) is 11.8 Å². The van der Waals surface area contributed by atoms with Gasteiger partial charge in [-0.15, -0.1) is 11.8 Å². The molecular formula is C14H26N4S2. The van der Waals surface area contributed by atoms with Gasteiger partial charge in [-0.3, -0.25) is 0 Å². The SMILES string of the molecule is CSc1c(N)nsc1NCC1(N(C)C)CCCC(C)C1. The highest BCUT2D eigenvalue weighted by molar-refractivity contribution is 7.99. The molecule has 0 aliphatic heterocycles. The molecule has 2 atom stereocenters. The molecule has 4 nitrogen and oxygen atoms in total. The van der Waals surface area contributed by atoms with Gasteiger partial charge in [0.15, 0.2) is 5.82 Å². The van der Waals surface area contributed by atoms with E-state index in [2.05, 4.69) is 41.9 Å². The van der Waals surface area contributed by atoms with Gasteiger partial charge >= 0.3 is 0 Å². The molecule has 1 heterocycles. The Bertz CT molecular complexity index is 446. The maximum Gasteiger partial charge on any atom is 0.153 e. The Kier molecular flexibility index (Phi) is 5.20. The molecule has 1 aromatic heterocycles. The molecular weight excluding hydrogens is 288 g/mol. The topological polar surface area (TPSA) is 54.2 Å². The van der Waals surface area contributed by atoms with Gasteiger partial charge in [-0.1, -0.05) is 19.8 Å². The smallest absolute Gasteiger partial charge is 0.153 e. The normalized spacial score (nSPS) is 26.9. The first kappa shape index (κ1) is 15.9. The lowest BCUT2D eigenvalue weighted by molar-refractivity contribution is 0.0883. The average molecular weight is 315 g/mol. The predicted molar refractivity (Wildman–Crippen MR) is 90.8 cm³/mol. The third-order valence-corrected chi connectivity index (χ3v) is 6.24. The number of hydrogen-bond acceptors (Lipinski definition) is 6. The Balaban J connectivity index is 2.09. The minimum Gasteiger partial charge on any atom is -0.382 e. The van der Waals surface area contributed by atoms with E-state index in [0.29, 0.717) is 5.82 Å². The van der Waals surface area contributed by atoms with Crippen LogP contribution in [-0.4, -0.2) is 41.7 Å². The van der Waals surface area contributed by atoms with E-state index in [9.17, 15) is 0 Å². The van der Waals surface area contributed by atoms with Crippen molar-refractivity contribution in [3.05, 3.63) is 0 Å². The summed E-state index contributed by atoms with van der Waals surface area (Å²) < 4.78 is 4.26. The van der Waals surface area contributed by atoms with Crippen molar-refractivity contribution in [3.8, 4) is 0 Å². The lowest BCUT2D eigenvalue weighted by Crippen LogP contribution is -2.52. The molecule has 0 amide bonds. The second kappa shape index (κ2) is 6.54. The molecule has 2 unspecified atom stereocenters.